The van der Waals surface area contributed by atoms with E-state index in [4.69, 9.17) is 5.11 Å². The van der Waals surface area contributed by atoms with Crippen LogP contribution < -0.4 is 5.32 Å². The molecule has 1 aromatic carbocycles. The molecule has 20 heavy (non-hydrogen) atoms. The SMILES string of the molecule is CC1(CNC(=O)c2cccc(C#CCCO)c2)CCC1. The molecule has 1 aliphatic carbocycles. The molecule has 0 bridgehead atoms. The van der Waals surface area contributed by atoms with Crippen LogP contribution in [0.5, 0.6) is 0 Å². The van der Waals surface area contributed by atoms with Gasteiger partial charge in [0.05, 0.1) is 6.61 Å². The van der Waals surface area contributed by atoms with Gasteiger partial charge in [-0.3, -0.25) is 4.79 Å². The molecular formula is C17H21NO2. The van der Waals surface area contributed by atoms with Crippen LogP contribution >= 0.6 is 0 Å². The summed E-state index contributed by atoms with van der Waals surface area (Å²) in [4.78, 5) is 12.1. The van der Waals surface area contributed by atoms with Crippen LogP contribution in [0.2, 0.25) is 0 Å². The molecule has 0 radical (unpaired) electrons. The zero-order valence-corrected chi connectivity index (χ0v) is 11.9. The molecule has 0 spiro atoms. The van der Waals surface area contributed by atoms with Crippen molar-refractivity contribution in [2.45, 2.75) is 32.6 Å². The van der Waals surface area contributed by atoms with E-state index in [1.54, 1.807) is 12.1 Å². The number of carbonyl (C=O) groups excluding carboxylic acids is 1. The molecule has 0 aliphatic heterocycles. The minimum Gasteiger partial charge on any atom is -0.395 e. The molecule has 1 aromatic rings. The number of benzene rings is 1. The van der Waals surface area contributed by atoms with Crippen molar-refractivity contribution in [1.82, 2.24) is 5.32 Å². The van der Waals surface area contributed by atoms with Gasteiger partial charge in [0.1, 0.15) is 0 Å². The van der Waals surface area contributed by atoms with Gasteiger partial charge in [0.15, 0.2) is 0 Å². The van der Waals surface area contributed by atoms with Gasteiger partial charge in [-0.2, -0.15) is 0 Å². The van der Waals surface area contributed by atoms with Gasteiger partial charge in [0.2, 0.25) is 0 Å². The number of hydrogen-bond acceptors (Lipinski definition) is 2. The van der Waals surface area contributed by atoms with E-state index < -0.39 is 0 Å². The first-order valence-electron chi connectivity index (χ1n) is 7.11. The third-order valence-corrected chi connectivity index (χ3v) is 3.83. The predicted octanol–water partition coefficient (Wildman–Crippen LogP) is 2.34. The molecule has 2 rings (SSSR count). The summed E-state index contributed by atoms with van der Waals surface area (Å²) in [5, 5.41) is 11.7. The highest BCUT2D eigenvalue weighted by Gasteiger charge is 2.31. The van der Waals surface area contributed by atoms with Gasteiger partial charge >= 0.3 is 0 Å². The summed E-state index contributed by atoms with van der Waals surface area (Å²) in [6.45, 7) is 3.02. The normalized spacial score (nSPS) is 15.7. The maximum atomic E-state index is 12.1. The van der Waals surface area contributed by atoms with Gasteiger partial charge in [-0.15, -0.1) is 0 Å². The molecule has 1 fully saturated rings. The van der Waals surface area contributed by atoms with Crippen LogP contribution in [0, 0.1) is 17.3 Å². The van der Waals surface area contributed by atoms with Crippen molar-refractivity contribution in [2.24, 2.45) is 5.41 Å². The number of aliphatic hydroxyl groups excluding tert-OH is 1. The molecule has 2 N–H and O–H groups in total. The summed E-state index contributed by atoms with van der Waals surface area (Å²) >= 11 is 0. The van der Waals surface area contributed by atoms with Crippen LogP contribution in [0.4, 0.5) is 0 Å². The Morgan fingerprint density at radius 2 is 2.25 bits per heavy atom. The average molecular weight is 271 g/mol. The van der Waals surface area contributed by atoms with E-state index in [1.165, 1.54) is 19.3 Å². The minimum atomic E-state index is -0.0380. The van der Waals surface area contributed by atoms with Gasteiger partial charge in [0, 0.05) is 24.1 Å². The van der Waals surface area contributed by atoms with E-state index >= 15 is 0 Å². The summed E-state index contributed by atoms with van der Waals surface area (Å²) in [7, 11) is 0. The Kier molecular flexibility index (Phi) is 4.81. The summed E-state index contributed by atoms with van der Waals surface area (Å²) in [5.41, 5.74) is 1.73. The summed E-state index contributed by atoms with van der Waals surface area (Å²) < 4.78 is 0. The number of amides is 1. The number of nitrogens with one attached hydrogen (secondary N) is 1. The highest BCUT2D eigenvalue weighted by atomic mass is 16.2. The lowest BCUT2D eigenvalue weighted by atomic mass is 9.70. The van der Waals surface area contributed by atoms with Gasteiger partial charge in [-0.05, 0) is 36.5 Å². The highest BCUT2D eigenvalue weighted by Crippen LogP contribution is 2.39. The third kappa shape index (κ3) is 3.85. The molecule has 106 valence electrons. The lowest BCUT2D eigenvalue weighted by Crippen LogP contribution is -2.39. The molecule has 0 aromatic heterocycles. The Hall–Kier alpha value is -1.79. The first kappa shape index (κ1) is 14.6. The van der Waals surface area contributed by atoms with Crippen LogP contribution in [0.15, 0.2) is 24.3 Å². The first-order chi connectivity index (χ1) is 9.63. The molecule has 0 heterocycles. The number of rotatable bonds is 4. The Morgan fingerprint density at radius 3 is 2.90 bits per heavy atom. The van der Waals surface area contributed by atoms with E-state index in [-0.39, 0.29) is 17.9 Å². The lowest BCUT2D eigenvalue weighted by Gasteiger charge is -2.38. The average Bonchev–Trinajstić information content (AvgIpc) is 2.43. The zero-order chi connectivity index (χ0) is 14.4. The zero-order valence-electron chi connectivity index (χ0n) is 11.9. The van der Waals surface area contributed by atoms with Crippen LogP contribution in [0.25, 0.3) is 0 Å². The number of hydrogen-bond donors (Lipinski definition) is 2. The summed E-state index contributed by atoms with van der Waals surface area (Å²) in [5.74, 6) is 5.77. The number of aliphatic hydroxyl groups is 1. The van der Waals surface area contributed by atoms with Gasteiger partial charge in [-0.25, -0.2) is 0 Å². The Bertz CT molecular complexity index is 535. The lowest BCUT2D eigenvalue weighted by molar-refractivity contribution is 0.0891. The molecule has 3 nitrogen and oxygen atoms in total. The van der Waals surface area contributed by atoms with Crippen molar-refractivity contribution in [3.05, 3.63) is 35.4 Å². The fourth-order valence-corrected chi connectivity index (χ4v) is 2.31. The van der Waals surface area contributed by atoms with Crippen molar-refractivity contribution in [3.63, 3.8) is 0 Å². The largest absolute Gasteiger partial charge is 0.395 e. The topological polar surface area (TPSA) is 49.3 Å². The molecule has 0 atom stereocenters. The Morgan fingerprint density at radius 1 is 1.45 bits per heavy atom. The van der Waals surface area contributed by atoms with E-state index in [0.717, 1.165) is 12.1 Å². The smallest absolute Gasteiger partial charge is 0.251 e. The quantitative estimate of drug-likeness (QED) is 0.826. The molecule has 1 saturated carbocycles. The van der Waals surface area contributed by atoms with Gasteiger partial charge < -0.3 is 10.4 Å². The van der Waals surface area contributed by atoms with Gasteiger partial charge in [-0.1, -0.05) is 31.3 Å². The summed E-state index contributed by atoms with van der Waals surface area (Å²) in [6, 6.07) is 7.30. The first-order valence-corrected chi connectivity index (χ1v) is 7.11. The molecule has 1 aliphatic rings. The summed E-state index contributed by atoms with van der Waals surface area (Å²) in [6.07, 6.45) is 4.11. The van der Waals surface area contributed by atoms with Crippen molar-refractivity contribution >= 4 is 5.91 Å². The number of carbonyl (C=O) groups is 1. The monoisotopic (exact) mass is 271 g/mol. The van der Waals surface area contributed by atoms with Gasteiger partial charge in [0.25, 0.3) is 5.91 Å². The molecule has 3 heteroatoms. The van der Waals surface area contributed by atoms with Crippen LogP contribution in [0.1, 0.15) is 48.5 Å². The van der Waals surface area contributed by atoms with Crippen molar-refractivity contribution in [3.8, 4) is 11.8 Å². The maximum absolute atomic E-state index is 12.1. The van der Waals surface area contributed by atoms with E-state index in [9.17, 15) is 4.79 Å². The van der Waals surface area contributed by atoms with Crippen LogP contribution in [0.3, 0.4) is 0 Å². The predicted molar refractivity (Wildman–Crippen MR) is 79.3 cm³/mol. The fourth-order valence-electron chi connectivity index (χ4n) is 2.31. The Labute approximate surface area is 120 Å². The fraction of sp³-hybridized carbons (Fsp3) is 0.471. The molecule has 1 amide bonds. The molecular weight excluding hydrogens is 250 g/mol. The second-order valence-corrected chi connectivity index (χ2v) is 5.70. The van der Waals surface area contributed by atoms with Crippen molar-refractivity contribution in [1.29, 1.82) is 0 Å². The van der Waals surface area contributed by atoms with Crippen LogP contribution in [-0.2, 0) is 0 Å². The van der Waals surface area contributed by atoms with E-state index in [0.29, 0.717) is 12.0 Å². The minimum absolute atomic E-state index is 0.0380. The third-order valence-electron chi connectivity index (χ3n) is 3.83. The van der Waals surface area contributed by atoms with E-state index in [2.05, 4.69) is 24.1 Å². The second kappa shape index (κ2) is 6.58. The molecule has 0 unspecified atom stereocenters. The standard InChI is InChI=1S/C17H21NO2/c1-17(9-5-10-17)13-18-16(20)15-8-4-7-14(12-15)6-2-3-11-19/h4,7-8,12,19H,3,5,9-11,13H2,1H3,(H,18,20). The molecule has 0 saturated heterocycles. The van der Waals surface area contributed by atoms with Crippen molar-refractivity contribution < 1.29 is 9.90 Å². The highest BCUT2D eigenvalue weighted by molar-refractivity contribution is 5.94. The van der Waals surface area contributed by atoms with E-state index in [1.807, 2.05) is 12.1 Å². The second-order valence-electron chi connectivity index (χ2n) is 5.70. The van der Waals surface area contributed by atoms with Crippen LogP contribution in [-0.4, -0.2) is 24.2 Å². The Balaban J connectivity index is 1.96. The maximum Gasteiger partial charge on any atom is 0.251 e. The van der Waals surface area contributed by atoms with Crippen molar-refractivity contribution in [2.75, 3.05) is 13.2 Å².